The molecule has 2 rings (SSSR count). The lowest BCUT2D eigenvalue weighted by Crippen LogP contribution is -2.37. The minimum absolute atomic E-state index is 0.0775. The number of carbonyl (C=O) groups excluding carboxylic acids is 2. The molecule has 0 aliphatic carbocycles. The molecule has 0 aliphatic rings. The molecule has 0 heterocycles. The predicted molar refractivity (Wildman–Crippen MR) is 104 cm³/mol. The summed E-state index contributed by atoms with van der Waals surface area (Å²) < 4.78 is 5.39. The van der Waals surface area contributed by atoms with Gasteiger partial charge in [-0.15, -0.1) is 0 Å². The van der Waals surface area contributed by atoms with Crippen molar-refractivity contribution in [3.63, 3.8) is 0 Å². The van der Waals surface area contributed by atoms with Crippen molar-refractivity contribution in [3.8, 4) is 5.75 Å². The number of benzene rings is 2. The van der Waals surface area contributed by atoms with Gasteiger partial charge in [0.15, 0.2) is 6.61 Å². The molecule has 26 heavy (non-hydrogen) atoms. The van der Waals surface area contributed by atoms with Crippen molar-refractivity contribution in [2.45, 2.75) is 13.8 Å². The lowest BCUT2D eigenvalue weighted by Gasteiger charge is -2.18. The third kappa shape index (κ3) is 5.93. The van der Waals surface area contributed by atoms with Crippen LogP contribution in [-0.2, 0) is 9.59 Å². The van der Waals surface area contributed by atoms with Crippen molar-refractivity contribution < 1.29 is 14.3 Å². The molecular weight excluding hydrogens is 375 g/mol. The summed E-state index contributed by atoms with van der Waals surface area (Å²) in [5, 5.41) is 3.65. The molecule has 5 nitrogen and oxygen atoms in total. The lowest BCUT2D eigenvalue weighted by atomic mass is 10.1. The molecular formula is C19H20Cl2N2O3. The first-order valence-electron chi connectivity index (χ1n) is 7.94. The van der Waals surface area contributed by atoms with Gasteiger partial charge in [-0.05, 0) is 49.2 Å². The highest BCUT2D eigenvalue weighted by atomic mass is 35.5. The SMILES string of the molecule is Cc1ccc(C)c(NC(=O)CN(C)C(=O)COc2cc(Cl)cc(Cl)c2)c1. The summed E-state index contributed by atoms with van der Waals surface area (Å²) in [5.41, 5.74) is 2.74. The molecule has 2 aromatic rings. The Hall–Kier alpha value is -2.24. The number of nitrogens with zero attached hydrogens (tertiary/aromatic N) is 1. The lowest BCUT2D eigenvalue weighted by molar-refractivity contribution is -0.135. The van der Waals surface area contributed by atoms with Crippen LogP contribution in [0.1, 0.15) is 11.1 Å². The molecule has 0 radical (unpaired) electrons. The quantitative estimate of drug-likeness (QED) is 0.802. The topological polar surface area (TPSA) is 58.6 Å². The Morgan fingerprint density at radius 2 is 1.73 bits per heavy atom. The average molecular weight is 395 g/mol. The Balaban J connectivity index is 1.87. The second-order valence-corrected chi connectivity index (χ2v) is 6.88. The Morgan fingerprint density at radius 1 is 1.08 bits per heavy atom. The van der Waals surface area contributed by atoms with E-state index in [1.54, 1.807) is 25.2 Å². The molecule has 1 N–H and O–H groups in total. The van der Waals surface area contributed by atoms with E-state index in [0.717, 1.165) is 16.8 Å². The van der Waals surface area contributed by atoms with Crippen molar-refractivity contribution in [1.82, 2.24) is 4.90 Å². The van der Waals surface area contributed by atoms with E-state index in [9.17, 15) is 9.59 Å². The van der Waals surface area contributed by atoms with Crippen LogP contribution in [0.3, 0.4) is 0 Å². The molecule has 0 aromatic heterocycles. The fraction of sp³-hybridized carbons (Fsp3) is 0.263. The predicted octanol–water partition coefficient (Wildman–Crippen LogP) is 4.09. The highest BCUT2D eigenvalue weighted by Gasteiger charge is 2.15. The Morgan fingerprint density at radius 3 is 2.38 bits per heavy atom. The minimum Gasteiger partial charge on any atom is -0.484 e. The van der Waals surface area contributed by atoms with Crippen LogP contribution in [0, 0.1) is 13.8 Å². The van der Waals surface area contributed by atoms with Crippen LogP contribution in [0.15, 0.2) is 36.4 Å². The number of halogens is 2. The number of rotatable bonds is 6. The molecule has 0 unspecified atom stereocenters. The van der Waals surface area contributed by atoms with Crippen molar-refractivity contribution in [1.29, 1.82) is 0 Å². The molecule has 0 saturated carbocycles. The smallest absolute Gasteiger partial charge is 0.260 e. The Labute approximate surface area is 162 Å². The molecule has 2 amide bonds. The van der Waals surface area contributed by atoms with Gasteiger partial charge in [0.05, 0.1) is 6.54 Å². The number of anilines is 1. The number of amides is 2. The maximum Gasteiger partial charge on any atom is 0.260 e. The van der Waals surface area contributed by atoms with E-state index in [1.165, 1.54) is 4.90 Å². The number of carbonyl (C=O) groups is 2. The summed E-state index contributed by atoms with van der Waals surface area (Å²) in [7, 11) is 1.54. The number of hydrogen-bond acceptors (Lipinski definition) is 3. The highest BCUT2D eigenvalue weighted by molar-refractivity contribution is 6.34. The zero-order valence-electron chi connectivity index (χ0n) is 14.8. The van der Waals surface area contributed by atoms with Crippen molar-refractivity contribution >= 4 is 40.7 Å². The van der Waals surface area contributed by atoms with E-state index >= 15 is 0 Å². The van der Waals surface area contributed by atoms with Crippen LogP contribution in [-0.4, -0.2) is 36.9 Å². The summed E-state index contributed by atoms with van der Waals surface area (Å²) in [5.74, 6) is -0.221. The highest BCUT2D eigenvalue weighted by Crippen LogP contribution is 2.24. The largest absolute Gasteiger partial charge is 0.484 e. The third-order valence-electron chi connectivity index (χ3n) is 3.67. The van der Waals surface area contributed by atoms with Crippen LogP contribution in [0.2, 0.25) is 10.0 Å². The van der Waals surface area contributed by atoms with Gasteiger partial charge in [-0.3, -0.25) is 9.59 Å². The third-order valence-corrected chi connectivity index (χ3v) is 4.11. The van der Waals surface area contributed by atoms with E-state index in [1.807, 2.05) is 32.0 Å². The van der Waals surface area contributed by atoms with Crippen molar-refractivity contribution in [2.75, 3.05) is 25.5 Å². The van der Waals surface area contributed by atoms with Crippen LogP contribution in [0.5, 0.6) is 5.75 Å². The molecule has 0 aliphatic heterocycles. The number of nitrogens with one attached hydrogen (secondary N) is 1. The first-order chi connectivity index (χ1) is 12.2. The monoisotopic (exact) mass is 394 g/mol. The van der Waals surface area contributed by atoms with E-state index in [-0.39, 0.29) is 25.0 Å². The molecule has 138 valence electrons. The van der Waals surface area contributed by atoms with Crippen LogP contribution in [0.25, 0.3) is 0 Å². The maximum absolute atomic E-state index is 12.2. The zero-order chi connectivity index (χ0) is 19.3. The van der Waals surface area contributed by atoms with Gasteiger partial charge in [-0.2, -0.15) is 0 Å². The van der Waals surface area contributed by atoms with Crippen LogP contribution >= 0.6 is 23.2 Å². The fourth-order valence-electron chi connectivity index (χ4n) is 2.23. The number of aryl methyl sites for hydroxylation is 2. The summed E-state index contributed by atoms with van der Waals surface area (Å²) in [6, 6.07) is 10.5. The summed E-state index contributed by atoms with van der Waals surface area (Å²) in [6.45, 7) is 3.56. The van der Waals surface area contributed by atoms with Crippen molar-refractivity contribution in [3.05, 3.63) is 57.6 Å². The molecule has 0 fully saturated rings. The van der Waals surface area contributed by atoms with Gasteiger partial charge in [-0.1, -0.05) is 35.3 Å². The second-order valence-electron chi connectivity index (χ2n) is 6.01. The van der Waals surface area contributed by atoms with Gasteiger partial charge in [0.1, 0.15) is 5.75 Å². The maximum atomic E-state index is 12.2. The number of ether oxygens (including phenoxy) is 1. The minimum atomic E-state index is -0.336. The molecule has 0 bridgehead atoms. The first kappa shape index (κ1) is 20.1. The van der Waals surface area contributed by atoms with E-state index in [2.05, 4.69) is 5.32 Å². The standard InChI is InChI=1S/C19H20Cl2N2O3/c1-12-4-5-13(2)17(6-12)22-18(24)10-23(3)19(25)11-26-16-8-14(20)7-15(21)9-16/h4-9H,10-11H2,1-3H3,(H,22,24). The fourth-order valence-corrected chi connectivity index (χ4v) is 2.74. The summed E-state index contributed by atoms with van der Waals surface area (Å²) in [4.78, 5) is 25.6. The summed E-state index contributed by atoms with van der Waals surface area (Å²) in [6.07, 6.45) is 0. The van der Waals surface area contributed by atoms with E-state index in [0.29, 0.717) is 15.8 Å². The summed E-state index contributed by atoms with van der Waals surface area (Å²) >= 11 is 11.8. The van der Waals surface area contributed by atoms with Gasteiger partial charge in [0.25, 0.3) is 5.91 Å². The molecule has 2 aromatic carbocycles. The van der Waals surface area contributed by atoms with Crippen LogP contribution in [0.4, 0.5) is 5.69 Å². The average Bonchev–Trinajstić information content (AvgIpc) is 2.55. The van der Waals surface area contributed by atoms with E-state index in [4.69, 9.17) is 27.9 Å². The Kier molecular flexibility index (Phi) is 6.89. The zero-order valence-corrected chi connectivity index (χ0v) is 16.3. The van der Waals surface area contributed by atoms with Crippen molar-refractivity contribution in [2.24, 2.45) is 0 Å². The number of hydrogen-bond donors (Lipinski definition) is 1. The second kappa shape index (κ2) is 8.92. The van der Waals surface area contributed by atoms with E-state index < -0.39 is 0 Å². The van der Waals surface area contributed by atoms with Gasteiger partial charge < -0.3 is 15.0 Å². The van der Waals surface area contributed by atoms with Gasteiger partial charge in [-0.25, -0.2) is 0 Å². The molecule has 7 heteroatoms. The molecule has 0 saturated heterocycles. The first-order valence-corrected chi connectivity index (χ1v) is 8.70. The molecule has 0 spiro atoms. The van der Waals surface area contributed by atoms with Gasteiger partial charge >= 0.3 is 0 Å². The van der Waals surface area contributed by atoms with Gasteiger partial charge in [0.2, 0.25) is 5.91 Å². The Bertz CT molecular complexity index is 804. The number of likely N-dealkylation sites (N-methyl/N-ethyl adjacent to an activating group) is 1. The molecule has 0 atom stereocenters. The normalized spacial score (nSPS) is 10.3. The van der Waals surface area contributed by atoms with Gasteiger partial charge in [0, 0.05) is 22.8 Å². The van der Waals surface area contributed by atoms with Crippen LogP contribution < -0.4 is 10.1 Å².